The van der Waals surface area contributed by atoms with Gasteiger partial charge in [0.25, 0.3) is 0 Å². The Kier molecular flexibility index (Phi) is 1.84. The molecule has 2 aliphatic rings. The molecule has 3 rings (SSSR count). The van der Waals surface area contributed by atoms with E-state index in [4.69, 9.17) is 10.5 Å². The van der Waals surface area contributed by atoms with Crippen LogP contribution in [-0.4, -0.2) is 12.6 Å². The highest BCUT2D eigenvalue weighted by atomic mass is 16.5. The second kappa shape index (κ2) is 2.99. The van der Waals surface area contributed by atoms with Crippen molar-refractivity contribution in [1.29, 1.82) is 0 Å². The summed E-state index contributed by atoms with van der Waals surface area (Å²) in [5.74, 6) is 1.69. The summed E-state index contributed by atoms with van der Waals surface area (Å²) in [7, 11) is 1.76. The Morgan fingerprint density at radius 2 is 2.33 bits per heavy atom. The molecule has 0 aliphatic heterocycles. The summed E-state index contributed by atoms with van der Waals surface area (Å²) < 4.78 is 5.46. The Labute approximate surface area is 90.4 Å². The molecular weight excluding hydrogens is 186 g/mol. The van der Waals surface area contributed by atoms with E-state index in [2.05, 4.69) is 18.2 Å². The first-order chi connectivity index (χ1) is 7.22. The average Bonchev–Trinajstić information content (AvgIpc) is 2.54. The van der Waals surface area contributed by atoms with Gasteiger partial charge in [0.15, 0.2) is 0 Å². The van der Waals surface area contributed by atoms with Crippen LogP contribution in [0.2, 0.25) is 0 Å². The largest absolute Gasteiger partial charge is 0.496 e. The molecule has 2 heteroatoms. The fraction of sp³-hybridized carbons (Fsp3) is 0.538. The fourth-order valence-corrected chi connectivity index (χ4v) is 3.33. The van der Waals surface area contributed by atoms with Gasteiger partial charge in [-0.25, -0.2) is 0 Å². The molecule has 2 bridgehead atoms. The van der Waals surface area contributed by atoms with Crippen molar-refractivity contribution in [2.45, 2.75) is 37.1 Å². The zero-order valence-corrected chi connectivity index (χ0v) is 9.12. The fourth-order valence-electron chi connectivity index (χ4n) is 3.33. The number of fused-ring (bicyclic) bond motifs is 4. The first-order valence-corrected chi connectivity index (χ1v) is 5.66. The van der Waals surface area contributed by atoms with E-state index in [0.29, 0.717) is 5.92 Å². The standard InChI is InChI=1S/C13H17NO/c1-15-11-4-2-3-9-7-13(14)6-5-10(8-13)12(9)11/h2-4,10H,5-8,14H2,1H3. The van der Waals surface area contributed by atoms with Crippen LogP contribution in [0.5, 0.6) is 5.75 Å². The Morgan fingerprint density at radius 1 is 1.47 bits per heavy atom. The minimum absolute atomic E-state index is 0.0734. The molecule has 2 aliphatic carbocycles. The normalized spacial score (nSPS) is 32.5. The van der Waals surface area contributed by atoms with Crippen molar-refractivity contribution in [2.75, 3.05) is 7.11 Å². The quantitative estimate of drug-likeness (QED) is 0.759. The first kappa shape index (κ1) is 9.22. The van der Waals surface area contributed by atoms with Crippen molar-refractivity contribution in [1.82, 2.24) is 0 Å². The molecule has 2 nitrogen and oxygen atoms in total. The molecule has 0 radical (unpaired) electrons. The van der Waals surface area contributed by atoms with Gasteiger partial charge in [-0.2, -0.15) is 0 Å². The monoisotopic (exact) mass is 203 g/mol. The molecule has 1 aromatic carbocycles. The van der Waals surface area contributed by atoms with Gasteiger partial charge in [0.05, 0.1) is 7.11 Å². The maximum Gasteiger partial charge on any atom is 0.122 e. The second-order valence-corrected chi connectivity index (χ2v) is 5.01. The molecule has 0 heterocycles. The van der Waals surface area contributed by atoms with Gasteiger partial charge in [0, 0.05) is 11.1 Å². The van der Waals surface area contributed by atoms with Gasteiger partial charge >= 0.3 is 0 Å². The average molecular weight is 203 g/mol. The molecule has 0 spiro atoms. The highest BCUT2D eigenvalue weighted by Crippen LogP contribution is 2.50. The second-order valence-electron chi connectivity index (χ2n) is 5.01. The minimum atomic E-state index is 0.0734. The van der Waals surface area contributed by atoms with Crippen LogP contribution in [0.3, 0.4) is 0 Å². The van der Waals surface area contributed by atoms with Crippen LogP contribution in [0, 0.1) is 0 Å². The van der Waals surface area contributed by atoms with Crippen molar-refractivity contribution >= 4 is 0 Å². The van der Waals surface area contributed by atoms with E-state index in [9.17, 15) is 0 Å². The van der Waals surface area contributed by atoms with Crippen molar-refractivity contribution < 1.29 is 4.74 Å². The third-order valence-corrected chi connectivity index (χ3v) is 3.97. The molecular formula is C13H17NO. The van der Waals surface area contributed by atoms with Crippen LogP contribution in [0.4, 0.5) is 0 Å². The molecule has 0 aromatic heterocycles. The van der Waals surface area contributed by atoms with Crippen LogP contribution in [0.15, 0.2) is 18.2 Å². The topological polar surface area (TPSA) is 35.2 Å². The maximum atomic E-state index is 6.37. The third kappa shape index (κ3) is 1.28. The van der Waals surface area contributed by atoms with Crippen LogP contribution in [0.1, 0.15) is 36.3 Å². The number of benzene rings is 1. The number of ether oxygens (including phenoxy) is 1. The van der Waals surface area contributed by atoms with Crippen molar-refractivity contribution in [3.05, 3.63) is 29.3 Å². The number of nitrogens with two attached hydrogens (primary N) is 1. The first-order valence-electron chi connectivity index (χ1n) is 5.66. The van der Waals surface area contributed by atoms with Crippen LogP contribution in [0.25, 0.3) is 0 Å². The lowest BCUT2D eigenvalue weighted by atomic mass is 9.79. The van der Waals surface area contributed by atoms with Gasteiger partial charge in [0.1, 0.15) is 5.75 Å². The van der Waals surface area contributed by atoms with Gasteiger partial charge in [-0.15, -0.1) is 0 Å². The van der Waals surface area contributed by atoms with E-state index in [-0.39, 0.29) is 5.54 Å². The minimum Gasteiger partial charge on any atom is -0.496 e. The molecule has 1 saturated carbocycles. The molecule has 0 amide bonds. The molecule has 15 heavy (non-hydrogen) atoms. The molecule has 1 aromatic rings. The summed E-state index contributed by atoms with van der Waals surface area (Å²) in [6.07, 6.45) is 4.55. The summed E-state index contributed by atoms with van der Waals surface area (Å²) in [6, 6.07) is 6.35. The summed E-state index contributed by atoms with van der Waals surface area (Å²) in [6.45, 7) is 0. The van der Waals surface area contributed by atoms with Gasteiger partial charge < -0.3 is 10.5 Å². The highest BCUT2D eigenvalue weighted by molar-refractivity contribution is 5.47. The van der Waals surface area contributed by atoms with Crippen molar-refractivity contribution in [3.8, 4) is 5.75 Å². The summed E-state index contributed by atoms with van der Waals surface area (Å²) in [5.41, 5.74) is 9.28. The summed E-state index contributed by atoms with van der Waals surface area (Å²) in [4.78, 5) is 0. The molecule has 80 valence electrons. The van der Waals surface area contributed by atoms with E-state index in [1.165, 1.54) is 17.5 Å². The van der Waals surface area contributed by atoms with E-state index in [0.717, 1.165) is 25.0 Å². The SMILES string of the molecule is COc1cccc2c1C1CCC(N)(C2)C1. The van der Waals surface area contributed by atoms with E-state index in [1.54, 1.807) is 7.11 Å². The molecule has 1 fully saturated rings. The number of methoxy groups -OCH3 is 1. The van der Waals surface area contributed by atoms with Gasteiger partial charge in [0.2, 0.25) is 0 Å². The smallest absolute Gasteiger partial charge is 0.122 e. The lowest BCUT2D eigenvalue weighted by Crippen LogP contribution is -2.41. The zero-order valence-electron chi connectivity index (χ0n) is 9.12. The van der Waals surface area contributed by atoms with Gasteiger partial charge in [-0.3, -0.25) is 0 Å². The Balaban J connectivity index is 2.14. The number of hydrogen-bond acceptors (Lipinski definition) is 2. The van der Waals surface area contributed by atoms with Crippen LogP contribution >= 0.6 is 0 Å². The third-order valence-electron chi connectivity index (χ3n) is 3.97. The zero-order chi connectivity index (χ0) is 10.5. The molecule has 2 N–H and O–H groups in total. The lowest BCUT2D eigenvalue weighted by molar-refractivity contribution is 0.383. The molecule has 2 atom stereocenters. The van der Waals surface area contributed by atoms with E-state index >= 15 is 0 Å². The van der Waals surface area contributed by atoms with E-state index < -0.39 is 0 Å². The van der Waals surface area contributed by atoms with Crippen LogP contribution < -0.4 is 10.5 Å². The van der Waals surface area contributed by atoms with E-state index in [1.807, 2.05) is 0 Å². The summed E-state index contributed by atoms with van der Waals surface area (Å²) in [5, 5.41) is 0. The Bertz CT molecular complexity index is 402. The Hall–Kier alpha value is -1.02. The summed E-state index contributed by atoms with van der Waals surface area (Å²) >= 11 is 0. The van der Waals surface area contributed by atoms with Crippen molar-refractivity contribution in [3.63, 3.8) is 0 Å². The Morgan fingerprint density at radius 3 is 3.13 bits per heavy atom. The predicted molar refractivity (Wildman–Crippen MR) is 60.2 cm³/mol. The number of rotatable bonds is 1. The maximum absolute atomic E-state index is 6.37. The highest BCUT2D eigenvalue weighted by Gasteiger charge is 2.42. The van der Waals surface area contributed by atoms with Gasteiger partial charge in [-0.05, 0) is 43.2 Å². The lowest BCUT2D eigenvalue weighted by Gasteiger charge is -2.31. The molecule has 2 unspecified atom stereocenters. The van der Waals surface area contributed by atoms with Crippen LogP contribution in [-0.2, 0) is 6.42 Å². The van der Waals surface area contributed by atoms with Gasteiger partial charge in [-0.1, -0.05) is 12.1 Å². The van der Waals surface area contributed by atoms with Crippen molar-refractivity contribution in [2.24, 2.45) is 5.73 Å². The predicted octanol–water partition coefficient (Wildman–Crippen LogP) is 2.22. The number of hydrogen-bond donors (Lipinski definition) is 1. The molecule has 0 saturated heterocycles.